The van der Waals surface area contributed by atoms with Crippen LogP contribution in [-0.4, -0.2) is 35.3 Å². The van der Waals surface area contributed by atoms with Gasteiger partial charge < -0.3 is 9.64 Å². The van der Waals surface area contributed by atoms with E-state index in [0.29, 0.717) is 12.1 Å². The van der Waals surface area contributed by atoms with Crippen LogP contribution in [0.2, 0.25) is 0 Å². The maximum atomic E-state index is 12.3. The third kappa shape index (κ3) is 3.43. The monoisotopic (exact) mass is 333 g/mol. The number of nitrogens with zero attached hydrogens (tertiary/aromatic N) is 1. The van der Waals surface area contributed by atoms with Crippen molar-refractivity contribution >= 4 is 21.8 Å². The third-order valence-electron chi connectivity index (χ3n) is 3.12. The lowest BCUT2D eigenvalue weighted by molar-refractivity contribution is -0.0499. The number of ether oxygens (including phenoxy) is 1. The molecule has 1 amide bonds. The fourth-order valence-electron chi connectivity index (χ4n) is 2.23. The molecule has 0 aromatic heterocycles. The van der Waals surface area contributed by atoms with Crippen LogP contribution in [-0.2, 0) is 0 Å². The molecule has 1 aliphatic heterocycles. The predicted molar refractivity (Wildman–Crippen MR) is 70.9 cm³/mol. The zero-order chi connectivity index (χ0) is 13.8. The van der Waals surface area contributed by atoms with Crippen LogP contribution in [0.4, 0.5) is 8.78 Å². The van der Waals surface area contributed by atoms with Crippen molar-refractivity contribution in [2.45, 2.75) is 25.5 Å². The van der Waals surface area contributed by atoms with Crippen molar-refractivity contribution in [3.63, 3.8) is 0 Å². The summed E-state index contributed by atoms with van der Waals surface area (Å²) in [6.45, 7) is -2.18. The minimum Gasteiger partial charge on any atom is -0.435 e. The van der Waals surface area contributed by atoms with E-state index in [2.05, 4.69) is 20.7 Å². The topological polar surface area (TPSA) is 29.5 Å². The Morgan fingerprint density at radius 3 is 3.00 bits per heavy atom. The van der Waals surface area contributed by atoms with Gasteiger partial charge in [0.05, 0.1) is 0 Å². The highest BCUT2D eigenvalue weighted by Gasteiger charge is 2.28. The number of carbonyl (C=O) groups is 1. The van der Waals surface area contributed by atoms with Gasteiger partial charge in [-0.25, -0.2) is 0 Å². The van der Waals surface area contributed by atoms with Crippen LogP contribution in [0, 0.1) is 0 Å². The van der Waals surface area contributed by atoms with Crippen LogP contribution in [0.3, 0.4) is 0 Å². The van der Waals surface area contributed by atoms with Gasteiger partial charge in [0.25, 0.3) is 5.91 Å². The summed E-state index contributed by atoms with van der Waals surface area (Å²) in [5.41, 5.74) is 0.381. The number of carbonyl (C=O) groups excluding carboxylic acids is 1. The second-order valence-corrected chi connectivity index (χ2v) is 5.00. The predicted octanol–water partition coefficient (Wildman–Crippen LogP) is 3.29. The molecular weight excluding hydrogens is 320 g/mol. The van der Waals surface area contributed by atoms with Crippen molar-refractivity contribution in [1.82, 2.24) is 4.90 Å². The van der Waals surface area contributed by atoms with Crippen molar-refractivity contribution in [3.8, 4) is 5.75 Å². The molecule has 1 fully saturated rings. The number of amides is 1. The summed E-state index contributed by atoms with van der Waals surface area (Å²) in [6.07, 6.45) is 1.93. The first-order valence-corrected chi connectivity index (χ1v) is 7.16. The first-order chi connectivity index (χ1) is 9.11. The molecule has 1 aromatic carbocycles. The third-order valence-corrected chi connectivity index (χ3v) is 3.87. The Kier molecular flexibility index (Phi) is 4.74. The molecule has 3 nitrogen and oxygen atoms in total. The summed E-state index contributed by atoms with van der Waals surface area (Å²) in [5.74, 6) is -0.128. The van der Waals surface area contributed by atoms with Gasteiger partial charge >= 0.3 is 6.61 Å². The molecule has 19 heavy (non-hydrogen) atoms. The van der Waals surface area contributed by atoms with Crippen LogP contribution in [0.25, 0.3) is 0 Å². The van der Waals surface area contributed by atoms with Gasteiger partial charge in [-0.05, 0) is 31.0 Å². The van der Waals surface area contributed by atoms with Crippen LogP contribution < -0.4 is 4.74 Å². The van der Waals surface area contributed by atoms with Gasteiger partial charge in [0.15, 0.2) is 0 Å². The molecule has 1 aliphatic rings. The fourth-order valence-corrected chi connectivity index (χ4v) is 2.91. The van der Waals surface area contributed by atoms with Crippen molar-refractivity contribution in [1.29, 1.82) is 0 Å². The molecule has 1 unspecified atom stereocenters. The number of hydrogen-bond donors (Lipinski definition) is 0. The van der Waals surface area contributed by atoms with Gasteiger partial charge in [0.1, 0.15) is 5.75 Å². The lowest BCUT2D eigenvalue weighted by atomic mass is 10.1. The summed E-state index contributed by atoms with van der Waals surface area (Å²) in [5, 5.41) is 0.728. The van der Waals surface area contributed by atoms with Gasteiger partial charge in [-0.1, -0.05) is 22.0 Å². The Morgan fingerprint density at radius 1 is 1.53 bits per heavy atom. The van der Waals surface area contributed by atoms with Crippen molar-refractivity contribution in [2.75, 3.05) is 11.9 Å². The Labute approximate surface area is 118 Å². The molecule has 1 heterocycles. The smallest absolute Gasteiger partial charge is 0.387 e. The number of likely N-dealkylation sites (tertiary alicyclic amines) is 1. The van der Waals surface area contributed by atoms with E-state index in [-0.39, 0.29) is 17.7 Å². The lowest BCUT2D eigenvalue weighted by Gasteiger charge is -2.23. The number of hydrogen-bond acceptors (Lipinski definition) is 2. The summed E-state index contributed by atoms with van der Waals surface area (Å²) in [6, 6.07) is 6.11. The Balaban J connectivity index is 2.14. The van der Waals surface area contributed by atoms with E-state index < -0.39 is 6.61 Å². The van der Waals surface area contributed by atoms with Gasteiger partial charge in [-0.2, -0.15) is 8.78 Å². The van der Waals surface area contributed by atoms with Crippen molar-refractivity contribution < 1.29 is 18.3 Å². The molecule has 0 bridgehead atoms. The van der Waals surface area contributed by atoms with Gasteiger partial charge in [-0.3, -0.25) is 4.79 Å². The van der Waals surface area contributed by atoms with Gasteiger partial charge in [0, 0.05) is 23.5 Å². The molecule has 0 N–H and O–H groups in total. The zero-order valence-electron chi connectivity index (χ0n) is 10.2. The van der Waals surface area contributed by atoms with E-state index in [1.54, 1.807) is 17.0 Å². The van der Waals surface area contributed by atoms with Crippen LogP contribution in [0.5, 0.6) is 5.75 Å². The largest absolute Gasteiger partial charge is 0.435 e. The Hall–Kier alpha value is -1.17. The number of rotatable bonds is 4. The molecule has 1 atom stereocenters. The Morgan fingerprint density at radius 2 is 2.32 bits per heavy atom. The van der Waals surface area contributed by atoms with E-state index >= 15 is 0 Å². The van der Waals surface area contributed by atoms with E-state index in [4.69, 9.17) is 0 Å². The molecule has 0 spiro atoms. The molecule has 6 heteroatoms. The standard InChI is InChI=1S/C13H14BrF2NO2/c14-8-10-4-2-6-17(10)12(18)9-3-1-5-11(7-9)19-13(15)16/h1,3,5,7,10,13H,2,4,6,8H2. The molecule has 2 rings (SSSR count). The molecule has 0 aliphatic carbocycles. The molecule has 0 radical (unpaired) electrons. The van der Waals surface area contributed by atoms with Crippen LogP contribution in [0.1, 0.15) is 23.2 Å². The number of benzene rings is 1. The normalized spacial score (nSPS) is 18.9. The molecule has 1 aromatic rings. The highest BCUT2D eigenvalue weighted by Crippen LogP contribution is 2.23. The van der Waals surface area contributed by atoms with Crippen LogP contribution >= 0.6 is 15.9 Å². The van der Waals surface area contributed by atoms with Crippen LogP contribution in [0.15, 0.2) is 24.3 Å². The fraction of sp³-hybridized carbons (Fsp3) is 0.462. The SMILES string of the molecule is O=C(c1cccc(OC(F)F)c1)N1CCCC1CBr. The summed E-state index contributed by atoms with van der Waals surface area (Å²) in [4.78, 5) is 14.1. The molecule has 1 saturated heterocycles. The van der Waals surface area contributed by atoms with Gasteiger partial charge in [-0.15, -0.1) is 0 Å². The Bertz CT molecular complexity index is 456. The van der Waals surface area contributed by atoms with Gasteiger partial charge in [0.2, 0.25) is 0 Å². The van der Waals surface area contributed by atoms with E-state index in [1.165, 1.54) is 12.1 Å². The van der Waals surface area contributed by atoms with Crippen molar-refractivity contribution in [2.24, 2.45) is 0 Å². The summed E-state index contributed by atoms with van der Waals surface area (Å²) >= 11 is 3.39. The average Bonchev–Trinajstić information content (AvgIpc) is 2.85. The second-order valence-electron chi connectivity index (χ2n) is 4.36. The van der Waals surface area contributed by atoms with E-state index in [1.807, 2.05) is 0 Å². The second kappa shape index (κ2) is 6.32. The summed E-state index contributed by atoms with van der Waals surface area (Å²) < 4.78 is 28.6. The highest BCUT2D eigenvalue weighted by molar-refractivity contribution is 9.09. The minimum atomic E-state index is -2.88. The summed E-state index contributed by atoms with van der Waals surface area (Å²) in [7, 11) is 0. The number of halogens is 3. The molecule has 104 valence electrons. The lowest BCUT2D eigenvalue weighted by Crippen LogP contribution is -2.36. The van der Waals surface area contributed by atoms with E-state index in [9.17, 15) is 13.6 Å². The number of alkyl halides is 3. The van der Waals surface area contributed by atoms with Crippen molar-refractivity contribution in [3.05, 3.63) is 29.8 Å². The maximum Gasteiger partial charge on any atom is 0.387 e. The minimum absolute atomic E-state index is 0.00967. The molecular formula is C13H14BrF2NO2. The first kappa shape index (κ1) is 14.2. The highest BCUT2D eigenvalue weighted by atomic mass is 79.9. The zero-order valence-corrected chi connectivity index (χ0v) is 11.8. The average molecular weight is 334 g/mol. The van der Waals surface area contributed by atoms with E-state index in [0.717, 1.165) is 18.2 Å². The maximum absolute atomic E-state index is 12.3. The molecule has 0 saturated carbocycles. The first-order valence-electron chi connectivity index (χ1n) is 6.03. The quantitative estimate of drug-likeness (QED) is 0.791.